The molecule has 80 valence electrons. The molecule has 0 bridgehead atoms. The van der Waals surface area contributed by atoms with E-state index >= 15 is 0 Å². The molecule has 0 spiro atoms. The Labute approximate surface area is 93.1 Å². The Hall–Kier alpha value is -2.16. The highest BCUT2D eigenvalue weighted by atomic mass is 16.2. The first kappa shape index (κ1) is 10.4. The molecule has 0 aliphatic heterocycles. The molecule has 3 heteroatoms. The molecule has 0 saturated carbocycles. The SMILES string of the molecule is CC(=O)NC(=O)c1cccc2ccccc12. The molecule has 1 N–H and O–H groups in total. The van der Waals surface area contributed by atoms with Crippen molar-refractivity contribution < 1.29 is 9.59 Å². The van der Waals surface area contributed by atoms with Crippen LogP contribution in [0.25, 0.3) is 10.8 Å². The van der Waals surface area contributed by atoms with Gasteiger partial charge in [-0.05, 0) is 16.8 Å². The molecule has 0 aromatic heterocycles. The number of fused-ring (bicyclic) bond motifs is 1. The van der Waals surface area contributed by atoms with Crippen molar-refractivity contribution in [2.75, 3.05) is 0 Å². The van der Waals surface area contributed by atoms with Crippen molar-refractivity contribution in [1.29, 1.82) is 0 Å². The van der Waals surface area contributed by atoms with Crippen molar-refractivity contribution >= 4 is 22.6 Å². The van der Waals surface area contributed by atoms with Crippen molar-refractivity contribution in [2.45, 2.75) is 6.92 Å². The summed E-state index contributed by atoms with van der Waals surface area (Å²) in [5, 5.41) is 4.11. The summed E-state index contributed by atoms with van der Waals surface area (Å²) >= 11 is 0. The minimum Gasteiger partial charge on any atom is -0.293 e. The van der Waals surface area contributed by atoms with Gasteiger partial charge in [0.25, 0.3) is 5.91 Å². The standard InChI is InChI=1S/C13H11NO2/c1-9(15)14-13(16)12-8-4-6-10-5-2-3-7-11(10)12/h2-8H,1H3,(H,14,15,16). The summed E-state index contributed by atoms with van der Waals surface area (Å²) in [6.45, 7) is 1.32. The molecular weight excluding hydrogens is 202 g/mol. The summed E-state index contributed by atoms with van der Waals surface area (Å²) in [5.41, 5.74) is 0.522. The van der Waals surface area contributed by atoms with Gasteiger partial charge in [0.2, 0.25) is 5.91 Å². The molecule has 2 amide bonds. The number of carbonyl (C=O) groups excluding carboxylic acids is 2. The van der Waals surface area contributed by atoms with E-state index in [0.717, 1.165) is 10.8 Å². The van der Waals surface area contributed by atoms with Crippen LogP contribution in [0, 0.1) is 0 Å². The van der Waals surface area contributed by atoms with E-state index in [9.17, 15) is 9.59 Å². The lowest BCUT2D eigenvalue weighted by Gasteiger charge is -2.05. The van der Waals surface area contributed by atoms with Gasteiger partial charge in [-0.2, -0.15) is 0 Å². The zero-order chi connectivity index (χ0) is 11.5. The summed E-state index contributed by atoms with van der Waals surface area (Å²) in [4.78, 5) is 22.6. The molecule has 3 nitrogen and oxygen atoms in total. The number of carbonyl (C=O) groups is 2. The van der Waals surface area contributed by atoms with E-state index in [1.54, 1.807) is 12.1 Å². The first-order valence-corrected chi connectivity index (χ1v) is 4.98. The number of hydrogen-bond acceptors (Lipinski definition) is 2. The van der Waals surface area contributed by atoms with Crippen LogP contribution in [0.1, 0.15) is 17.3 Å². The van der Waals surface area contributed by atoms with Crippen LogP contribution < -0.4 is 5.32 Å². The van der Waals surface area contributed by atoms with Gasteiger partial charge in [0.15, 0.2) is 0 Å². The summed E-state index contributed by atoms with van der Waals surface area (Å²) in [6.07, 6.45) is 0. The summed E-state index contributed by atoms with van der Waals surface area (Å²) < 4.78 is 0. The van der Waals surface area contributed by atoms with Crippen molar-refractivity contribution in [3.8, 4) is 0 Å². The molecule has 0 radical (unpaired) electrons. The highest BCUT2D eigenvalue weighted by molar-refractivity contribution is 6.11. The van der Waals surface area contributed by atoms with Gasteiger partial charge in [-0.15, -0.1) is 0 Å². The van der Waals surface area contributed by atoms with Gasteiger partial charge in [0.1, 0.15) is 0 Å². The van der Waals surface area contributed by atoms with E-state index in [2.05, 4.69) is 5.32 Å². The van der Waals surface area contributed by atoms with Gasteiger partial charge < -0.3 is 0 Å². The Balaban J connectivity index is 2.52. The zero-order valence-corrected chi connectivity index (χ0v) is 8.86. The molecule has 0 heterocycles. The smallest absolute Gasteiger partial charge is 0.258 e. The Morgan fingerprint density at radius 2 is 1.69 bits per heavy atom. The highest BCUT2D eigenvalue weighted by Gasteiger charge is 2.10. The molecule has 0 aliphatic rings. The van der Waals surface area contributed by atoms with Crippen LogP contribution in [0.2, 0.25) is 0 Å². The van der Waals surface area contributed by atoms with E-state index in [4.69, 9.17) is 0 Å². The number of hydrogen-bond donors (Lipinski definition) is 1. The molecule has 0 atom stereocenters. The molecule has 0 saturated heterocycles. The maximum absolute atomic E-state index is 11.7. The van der Waals surface area contributed by atoms with E-state index in [1.807, 2.05) is 30.3 Å². The Kier molecular flexibility index (Phi) is 2.68. The molecule has 2 rings (SSSR count). The molecule has 2 aromatic carbocycles. The maximum Gasteiger partial charge on any atom is 0.258 e. The normalized spacial score (nSPS) is 10.1. The second-order valence-electron chi connectivity index (χ2n) is 3.54. The molecule has 0 aliphatic carbocycles. The fourth-order valence-corrected chi connectivity index (χ4v) is 1.65. The molecule has 0 fully saturated rings. The van der Waals surface area contributed by atoms with Gasteiger partial charge in [-0.3, -0.25) is 14.9 Å². The van der Waals surface area contributed by atoms with Crippen molar-refractivity contribution in [1.82, 2.24) is 5.32 Å². The number of imide groups is 1. The molecular formula is C13H11NO2. The lowest BCUT2D eigenvalue weighted by atomic mass is 10.0. The highest BCUT2D eigenvalue weighted by Crippen LogP contribution is 2.18. The number of nitrogens with one attached hydrogen (secondary N) is 1. The van der Waals surface area contributed by atoms with Crippen LogP contribution in [0.4, 0.5) is 0 Å². The summed E-state index contributed by atoms with van der Waals surface area (Å²) in [6, 6.07) is 13.0. The predicted molar refractivity (Wildman–Crippen MR) is 62.1 cm³/mol. The molecule has 16 heavy (non-hydrogen) atoms. The minimum atomic E-state index is -0.357. The first-order chi connectivity index (χ1) is 7.68. The Morgan fingerprint density at radius 3 is 2.44 bits per heavy atom. The number of rotatable bonds is 1. The lowest BCUT2D eigenvalue weighted by Crippen LogP contribution is -2.28. The monoisotopic (exact) mass is 213 g/mol. The van der Waals surface area contributed by atoms with E-state index in [1.165, 1.54) is 6.92 Å². The van der Waals surface area contributed by atoms with Gasteiger partial charge in [0, 0.05) is 12.5 Å². The zero-order valence-electron chi connectivity index (χ0n) is 8.86. The third-order valence-corrected chi connectivity index (χ3v) is 2.32. The van der Waals surface area contributed by atoms with Gasteiger partial charge in [-0.25, -0.2) is 0 Å². The summed E-state index contributed by atoms with van der Waals surface area (Å²) in [7, 11) is 0. The maximum atomic E-state index is 11.7. The average molecular weight is 213 g/mol. The van der Waals surface area contributed by atoms with Crippen molar-refractivity contribution in [3.63, 3.8) is 0 Å². The summed E-state index contributed by atoms with van der Waals surface area (Å²) in [5.74, 6) is -0.706. The van der Waals surface area contributed by atoms with Gasteiger partial charge >= 0.3 is 0 Å². The third-order valence-electron chi connectivity index (χ3n) is 2.32. The van der Waals surface area contributed by atoms with E-state index in [0.29, 0.717) is 5.56 Å². The number of benzene rings is 2. The minimum absolute atomic E-state index is 0.349. The van der Waals surface area contributed by atoms with E-state index < -0.39 is 0 Å². The van der Waals surface area contributed by atoms with Crippen molar-refractivity contribution in [2.24, 2.45) is 0 Å². The quantitative estimate of drug-likeness (QED) is 0.788. The van der Waals surface area contributed by atoms with Crippen LogP contribution in [-0.4, -0.2) is 11.8 Å². The molecule has 0 unspecified atom stereocenters. The third kappa shape index (κ3) is 1.93. The number of amides is 2. The fourth-order valence-electron chi connectivity index (χ4n) is 1.65. The first-order valence-electron chi connectivity index (χ1n) is 4.98. The molecule has 2 aromatic rings. The van der Waals surface area contributed by atoms with Gasteiger partial charge in [0.05, 0.1) is 0 Å². The van der Waals surface area contributed by atoms with E-state index in [-0.39, 0.29) is 11.8 Å². The van der Waals surface area contributed by atoms with Crippen LogP contribution in [0.3, 0.4) is 0 Å². The van der Waals surface area contributed by atoms with Gasteiger partial charge in [-0.1, -0.05) is 36.4 Å². The largest absolute Gasteiger partial charge is 0.293 e. The van der Waals surface area contributed by atoms with Crippen LogP contribution in [0.5, 0.6) is 0 Å². The fraction of sp³-hybridized carbons (Fsp3) is 0.0769. The van der Waals surface area contributed by atoms with Crippen molar-refractivity contribution in [3.05, 3.63) is 48.0 Å². The van der Waals surface area contributed by atoms with Crippen LogP contribution >= 0.6 is 0 Å². The second kappa shape index (κ2) is 4.14. The Morgan fingerprint density at radius 1 is 1.00 bits per heavy atom. The Bertz CT molecular complexity index is 555. The lowest BCUT2D eigenvalue weighted by molar-refractivity contribution is -0.118. The second-order valence-corrected chi connectivity index (χ2v) is 3.54. The van der Waals surface area contributed by atoms with Crippen LogP contribution in [-0.2, 0) is 4.79 Å². The topological polar surface area (TPSA) is 46.2 Å². The average Bonchev–Trinajstić information content (AvgIpc) is 2.27. The van der Waals surface area contributed by atoms with Crippen LogP contribution in [0.15, 0.2) is 42.5 Å². The predicted octanol–water partition coefficient (Wildman–Crippen LogP) is 2.12.